The molecule has 2 fully saturated rings. The lowest BCUT2D eigenvalue weighted by atomic mass is 9.98. The lowest BCUT2D eigenvalue weighted by Crippen LogP contribution is -2.39. The second kappa shape index (κ2) is 5.34. The normalized spacial score (nSPS) is 34.8. The zero-order valence-corrected chi connectivity index (χ0v) is 10.5. The third kappa shape index (κ3) is 2.96. The predicted octanol–water partition coefficient (Wildman–Crippen LogP) is 3.73. The van der Waals surface area contributed by atoms with Crippen molar-refractivity contribution < 1.29 is 0 Å². The number of rotatable bonds is 4. The molecule has 0 aromatic carbocycles. The zero-order chi connectivity index (χ0) is 10.7. The highest BCUT2D eigenvalue weighted by Crippen LogP contribution is 2.31. The van der Waals surface area contributed by atoms with Crippen LogP contribution in [-0.4, -0.2) is 12.1 Å². The summed E-state index contributed by atoms with van der Waals surface area (Å²) >= 11 is 0. The molecule has 0 radical (unpaired) electrons. The number of hydrogen-bond donors (Lipinski definition) is 1. The van der Waals surface area contributed by atoms with Crippen LogP contribution in [0.15, 0.2) is 0 Å². The van der Waals surface area contributed by atoms with Gasteiger partial charge in [0.25, 0.3) is 0 Å². The van der Waals surface area contributed by atoms with Gasteiger partial charge in [0, 0.05) is 12.1 Å². The molecule has 2 rings (SSSR count). The van der Waals surface area contributed by atoms with Gasteiger partial charge >= 0.3 is 0 Å². The second-order valence-corrected chi connectivity index (χ2v) is 5.78. The Hall–Kier alpha value is -0.0400. The van der Waals surface area contributed by atoms with Crippen molar-refractivity contribution in [1.29, 1.82) is 0 Å². The van der Waals surface area contributed by atoms with Gasteiger partial charge in [-0.05, 0) is 50.9 Å². The first kappa shape index (κ1) is 11.4. The summed E-state index contributed by atoms with van der Waals surface area (Å²) in [5.74, 6) is 1.99. The van der Waals surface area contributed by atoms with Crippen molar-refractivity contribution in [2.24, 2.45) is 11.8 Å². The molecule has 0 aromatic heterocycles. The Bertz CT molecular complexity index is 184. The van der Waals surface area contributed by atoms with Crippen LogP contribution in [0.25, 0.3) is 0 Å². The van der Waals surface area contributed by atoms with Gasteiger partial charge in [-0.25, -0.2) is 0 Å². The molecule has 3 unspecified atom stereocenters. The fourth-order valence-corrected chi connectivity index (χ4v) is 3.56. The molecule has 0 aromatic rings. The standard InChI is InChI=1S/C14H27N/c1-3-12-8-9-14(10-12)15-11(2)13-6-4-5-7-13/h11-15H,3-10H2,1-2H3. The van der Waals surface area contributed by atoms with Crippen molar-refractivity contribution >= 4 is 0 Å². The molecule has 2 aliphatic carbocycles. The van der Waals surface area contributed by atoms with E-state index in [0.29, 0.717) is 0 Å². The highest BCUT2D eigenvalue weighted by molar-refractivity contribution is 4.85. The first-order valence-electron chi connectivity index (χ1n) is 7.05. The smallest absolute Gasteiger partial charge is 0.00723 e. The molecule has 88 valence electrons. The Morgan fingerprint density at radius 2 is 1.87 bits per heavy atom. The molecule has 2 saturated carbocycles. The summed E-state index contributed by atoms with van der Waals surface area (Å²) < 4.78 is 0. The molecular formula is C14H27N. The van der Waals surface area contributed by atoms with Gasteiger partial charge in [0.1, 0.15) is 0 Å². The van der Waals surface area contributed by atoms with E-state index in [2.05, 4.69) is 19.2 Å². The molecule has 0 spiro atoms. The van der Waals surface area contributed by atoms with Gasteiger partial charge in [0.15, 0.2) is 0 Å². The monoisotopic (exact) mass is 209 g/mol. The fraction of sp³-hybridized carbons (Fsp3) is 1.00. The van der Waals surface area contributed by atoms with E-state index in [0.717, 1.165) is 23.9 Å². The highest BCUT2D eigenvalue weighted by atomic mass is 15.0. The summed E-state index contributed by atoms with van der Waals surface area (Å²) in [6.07, 6.45) is 11.6. The SMILES string of the molecule is CCC1CCC(NC(C)C2CCCC2)C1. The van der Waals surface area contributed by atoms with Crippen LogP contribution in [0.2, 0.25) is 0 Å². The van der Waals surface area contributed by atoms with Crippen LogP contribution >= 0.6 is 0 Å². The van der Waals surface area contributed by atoms with E-state index in [1.165, 1.54) is 51.4 Å². The molecule has 0 amide bonds. The Labute approximate surface area is 95.0 Å². The maximum absolute atomic E-state index is 3.89. The van der Waals surface area contributed by atoms with Gasteiger partial charge in [-0.15, -0.1) is 0 Å². The summed E-state index contributed by atoms with van der Waals surface area (Å²) in [6, 6.07) is 1.61. The maximum atomic E-state index is 3.89. The molecule has 0 saturated heterocycles. The van der Waals surface area contributed by atoms with Crippen LogP contribution in [0.1, 0.15) is 65.2 Å². The van der Waals surface area contributed by atoms with Gasteiger partial charge in [-0.1, -0.05) is 26.2 Å². The van der Waals surface area contributed by atoms with E-state index in [1.54, 1.807) is 0 Å². The highest BCUT2D eigenvalue weighted by Gasteiger charge is 2.27. The molecule has 1 nitrogen and oxygen atoms in total. The number of hydrogen-bond acceptors (Lipinski definition) is 1. The van der Waals surface area contributed by atoms with Gasteiger partial charge in [0.2, 0.25) is 0 Å². The summed E-state index contributed by atoms with van der Waals surface area (Å²) in [5, 5.41) is 3.89. The molecule has 15 heavy (non-hydrogen) atoms. The van der Waals surface area contributed by atoms with Crippen LogP contribution in [0, 0.1) is 11.8 Å². The molecular weight excluding hydrogens is 182 g/mol. The Morgan fingerprint density at radius 1 is 1.13 bits per heavy atom. The summed E-state index contributed by atoms with van der Waals surface area (Å²) in [5.41, 5.74) is 0. The van der Waals surface area contributed by atoms with Gasteiger partial charge in [-0.3, -0.25) is 0 Å². The van der Waals surface area contributed by atoms with E-state index in [-0.39, 0.29) is 0 Å². The minimum Gasteiger partial charge on any atom is -0.311 e. The quantitative estimate of drug-likeness (QED) is 0.744. The van der Waals surface area contributed by atoms with Crippen LogP contribution in [0.3, 0.4) is 0 Å². The topological polar surface area (TPSA) is 12.0 Å². The van der Waals surface area contributed by atoms with E-state index >= 15 is 0 Å². The van der Waals surface area contributed by atoms with E-state index in [4.69, 9.17) is 0 Å². The first-order valence-corrected chi connectivity index (χ1v) is 7.05. The summed E-state index contributed by atoms with van der Waals surface area (Å²) in [7, 11) is 0. The molecule has 0 bridgehead atoms. The van der Waals surface area contributed by atoms with E-state index in [1.807, 2.05) is 0 Å². The van der Waals surface area contributed by atoms with Crippen LogP contribution in [0.4, 0.5) is 0 Å². The van der Waals surface area contributed by atoms with Gasteiger partial charge in [0.05, 0.1) is 0 Å². The average molecular weight is 209 g/mol. The maximum Gasteiger partial charge on any atom is 0.00723 e. The van der Waals surface area contributed by atoms with Crippen LogP contribution in [-0.2, 0) is 0 Å². The molecule has 0 heterocycles. The van der Waals surface area contributed by atoms with E-state index < -0.39 is 0 Å². The van der Waals surface area contributed by atoms with Crippen LogP contribution < -0.4 is 5.32 Å². The summed E-state index contributed by atoms with van der Waals surface area (Å²) in [6.45, 7) is 4.75. The lowest BCUT2D eigenvalue weighted by molar-refractivity contribution is 0.336. The van der Waals surface area contributed by atoms with Gasteiger partial charge < -0.3 is 5.32 Å². The van der Waals surface area contributed by atoms with Crippen molar-refractivity contribution in [3.05, 3.63) is 0 Å². The lowest BCUT2D eigenvalue weighted by Gasteiger charge is -2.24. The largest absolute Gasteiger partial charge is 0.311 e. The van der Waals surface area contributed by atoms with Crippen LogP contribution in [0.5, 0.6) is 0 Å². The third-order valence-corrected chi connectivity index (χ3v) is 4.72. The second-order valence-electron chi connectivity index (χ2n) is 5.78. The van der Waals surface area contributed by atoms with Gasteiger partial charge in [-0.2, -0.15) is 0 Å². The third-order valence-electron chi connectivity index (χ3n) is 4.72. The molecule has 0 aliphatic heterocycles. The molecule has 1 N–H and O–H groups in total. The Balaban J connectivity index is 1.72. The van der Waals surface area contributed by atoms with Crippen molar-refractivity contribution in [2.45, 2.75) is 77.3 Å². The van der Waals surface area contributed by atoms with Crippen molar-refractivity contribution in [2.75, 3.05) is 0 Å². The molecule has 3 atom stereocenters. The minimum absolute atomic E-state index is 0.771. The zero-order valence-electron chi connectivity index (χ0n) is 10.5. The molecule has 1 heteroatoms. The minimum atomic E-state index is 0.771. The Morgan fingerprint density at radius 3 is 2.47 bits per heavy atom. The first-order chi connectivity index (χ1) is 7.29. The average Bonchev–Trinajstić information content (AvgIpc) is 2.87. The van der Waals surface area contributed by atoms with E-state index in [9.17, 15) is 0 Å². The van der Waals surface area contributed by atoms with Crippen molar-refractivity contribution in [1.82, 2.24) is 5.32 Å². The number of nitrogens with one attached hydrogen (secondary N) is 1. The van der Waals surface area contributed by atoms with Crippen molar-refractivity contribution in [3.63, 3.8) is 0 Å². The Kier molecular flexibility index (Phi) is 4.07. The molecule has 2 aliphatic rings. The fourth-order valence-electron chi connectivity index (χ4n) is 3.56. The summed E-state index contributed by atoms with van der Waals surface area (Å²) in [4.78, 5) is 0. The predicted molar refractivity (Wildman–Crippen MR) is 66.0 cm³/mol. The van der Waals surface area contributed by atoms with Crippen molar-refractivity contribution in [3.8, 4) is 0 Å².